The van der Waals surface area contributed by atoms with Gasteiger partial charge in [-0.25, -0.2) is 0 Å². The quantitative estimate of drug-likeness (QED) is 0.783. The van der Waals surface area contributed by atoms with Gasteiger partial charge in [0, 0.05) is 30.2 Å². The Morgan fingerprint density at radius 1 is 1.53 bits per heavy atom. The summed E-state index contributed by atoms with van der Waals surface area (Å²) in [5, 5.41) is 2.78. The number of halogens is 1. The fraction of sp³-hybridized carbons (Fsp3) is 0.700. The largest absolute Gasteiger partial charge is 0.350 e. The van der Waals surface area contributed by atoms with Crippen molar-refractivity contribution in [2.75, 3.05) is 26.2 Å². The van der Waals surface area contributed by atoms with Gasteiger partial charge in [0.15, 0.2) is 0 Å². The summed E-state index contributed by atoms with van der Waals surface area (Å²) in [4.78, 5) is 13.6. The summed E-state index contributed by atoms with van der Waals surface area (Å²) in [6.45, 7) is 6.45. The van der Waals surface area contributed by atoms with Gasteiger partial charge in [-0.05, 0) is 12.8 Å². The van der Waals surface area contributed by atoms with Crippen LogP contribution in [-0.2, 0) is 4.79 Å². The molecule has 1 amide bonds. The van der Waals surface area contributed by atoms with Crippen LogP contribution in [0, 0.1) is 0 Å². The highest BCUT2D eigenvalue weighted by Gasteiger charge is 2.17. The molecule has 0 radical (unpaired) electrons. The summed E-state index contributed by atoms with van der Waals surface area (Å²) < 4.78 is 0.788. The number of nitrogens with zero attached hydrogens (tertiary/aromatic N) is 1. The highest BCUT2D eigenvalue weighted by molar-refractivity contribution is 9.11. The highest BCUT2D eigenvalue weighted by Crippen LogP contribution is 2.07. The van der Waals surface area contributed by atoms with E-state index >= 15 is 0 Å². The van der Waals surface area contributed by atoms with Crippen molar-refractivity contribution in [2.45, 2.75) is 18.9 Å². The molecular formula is C10H18BrN3O. The van der Waals surface area contributed by atoms with Crippen molar-refractivity contribution in [1.29, 1.82) is 0 Å². The first kappa shape index (κ1) is 12.7. The Balaban J connectivity index is 2.17. The Kier molecular flexibility index (Phi) is 5.28. The summed E-state index contributed by atoms with van der Waals surface area (Å²) in [6.07, 6.45) is 1.97. The zero-order chi connectivity index (χ0) is 11.3. The van der Waals surface area contributed by atoms with E-state index in [0.717, 1.165) is 30.4 Å². The van der Waals surface area contributed by atoms with Crippen LogP contribution < -0.4 is 11.1 Å². The van der Waals surface area contributed by atoms with Gasteiger partial charge in [-0.1, -0.05) is 22.5 Å². The molecule has 0 bridgehead atoms. The predicted octanol–water partition coefficient (Wildman–Crippen LogP) is 0.434. The molecule has 1 fully saturated rings. The maximum absolute atomic E-state index is 11.5. The van der Waals surface area contributed by atoms with Crippen LogP contribution in [0.5, 0.6) is 0 Å². The van der Waals surface area contributed by atoms with Crippen molar-refractivity contribution in [2.24, 2.45) is 5.73 Å². The Bertz CT molecular complexity index is 237. The number of piperidine rings is 1. The zero-order valence-corrected chi connectivity index (χ0v) is 10.4. The summed E-state index contributed by atoms with van der Waals surface area (Å²) in [5.41, 5.74) is 5.78. The number of nitrogens with two attached hydrogens (primary N) is 1. The third kappa shape index (κ3) is 5.30. The van der Waals surface area contributed by atoms with Crippen molar-refractivity contribution in [3.05, 3.63) is 11.1 Å². The Morgan fingerprint density at radius 3 is 2.67 bits per heavy atom. The lowest BCUT2D eigenvalue weighted by Crippen LogP contribution is -2.44. The average Bonchev–Trinajstić information content (AvgIpc) is 2.19. The van der Waals surface area contributed by atoms with Crippen molar-refractivity contribution in [3.8, 4) is 0 Å². The third-order valence-corrected chi connectivity index (χ3v) is 2.76. The first-order chi connectivity index (χ1) is 7.08. The van der Waals surface area contributed by atoms with Crippen molar-refractivity contribution in [3.63, 3.8) is 0 Å². The van der Waals surface area contributed by atoms with Crippen LogP contribution in [0.25, 0.3) is 0 Å². The van der Waals surface area contributed by atoms with Crippen LogP contribution in [0.1, 0.15) is 12.8 Å². The van der Waals surface area contributed by atoms with E-state index in [9.17, 15) is 4.79 Å². The van der Waals surface area contributed by atoms with Gasteiger partial charge in [0.1, 0.15) is 0 Å². The molecule has 5 heteroatoms. The number of amides is 1. The SMILES string of the molecule is C=C(Br)CNC(=O)CN1CCC(N)CC1. The van der Waals surface area contributed by atoms with E-state index in [-0.39, 0.29) is 5.91 Å². The first-order valence-corrected chi connectivity index (χ1v) is 5.95. The number of hydrogen-bond acceptors (Lipinski definition) is 3. The molecule has 15 heavy (non-hydrogen) atoms. The minimum atomic E-state index is 0.0473. The molecule has 0 aromatic rings. The minimum absolute atomic E-state index is 0.0473. The van der Waals surface area contributed by atoms with Gasteiger partial charge in [0.05, 0.1) is 6.54 Å². The summed E-state index contributed by atoms with van der Waals surface area (Å²) in [7, 11) is 0. The second-order valence-corrected chi connectivity index (χ2v) is 5.03. The monoisotopic (exact) mass is 275 g/mol. The molecule has 3 N–H and O–H groups in total. The van der Waals surface area contributed by atoms with Gasteiger partial charge in [-0.3, -0.25) is 9.69 Å². The van der Waals surface area contributed by atoms with Gasteiger partial charge in [-0.2, -0.15) is 0 Å². The van der Waals surface area contributed by atoms with E-state index in [1.807, 2.05) is 0 Å². The molecule has 1 heterocycles. The Labute approximate surface area is 99.0 Å². The molecule has 0 aromatic heterocycles. The molecule has 1 rings (SSSR count). The van der Waals surface area contributed by atoms with E-state index in [1.54, 1.807) is 0 Å². The van der Waals surface area contributed by atoms with Crippen LogP contribution in [0.4, 0.5) is 0 Å². The molecule has 0 spiro atoms. The molecule has 86 valence electrons. The van der Waals surface area contributed by atoms with Gasteiger partial charge in [0.25, 0.3) is 0 Å². The maximum Gasteiger partial charge on any atom is 0.234 e. The molecule has 0 aromatic carbocycles. The fourth-order valence-electron chi connectivity index (χ4n) is 1.56. The lowest BCUT2D eigenvalue weighted by atomic mass is 10.1. The van der Waals surface area contributed by atoms with Crippen LogP contribution in [0.3, 0.4) is 0 Å². The molecule has 4 nitrogen and oxygen atoms in total. The second kappa shape index (κ2) is 6.25. The van der Waals surface area contributed by atoms with E-state index in [4.69, 9.17) is 5.73 Å². The highest BCUT2D eigenvalue weighted by atomic mass is 79.9. The van der Waals surface area contributed by atoms with Crippen molar-refractivity contribution in [1.82, 2.24) is 10.2 Å². The van der Waals surface area contributed by atoms with Crippen LogP contribution in [0.2, 0.25) is 0 Å². The van der Waals surface area contributed by atoms with E-state index in [1.165, 1.54) is 0 Å². The summed E-state index contributed by atoms with van der Waals surface area (Å²) in [6, 6.07) is 0.312. The molecular weight excluding hydrogens is 258 g/mol. The van der Waals surface area contributed by atoms with E-state index < -0.39 is 0 Å². The molecule has 0 atom stereocenters. The topological polar surface area (TPSA) is 58.4 Å². The number of carbonyl (C=O) groups excluding carboxylic acids is 1. The molecule has 0 unspecified atom stereocenters. The molecule has 0 aliphatic carbocycles. The second-order valence-electron chi connectivity index (χ2n) is 3.91. The number of carbonyl (C=O) groups is 1. The summed E-state index contributed by atoms with van der Waals surface area (Å²) in [5.74, 6) is 0.0473. The molecule has 1 aliphatic heterocycles. The minimum Gasteiger partial charge on any atom is -0.350 e. The molecule has 1 saturated heterocycles. The smallest absolute Gasteiger partial charge is 0.234 e. The normalized spacial score (nSPS) is 18.8. The number of rotatable bonds is 4. The van der Waals surface area contributed by atoms with Crippen LogP contribution in [-0.4, -0.2) is 43.0 Å². The third-order valence-electron chi connectivity index (χ3n) is 2.48. The molecule has 1 aliphatic rings. The number of likely N-dealkylation sites (tertiary alicyclic amines) is 1. The first-order valence-electron chi connectivity index (χ1n) is 5.16. The number of nitrogens with one attached hydrogen (secondary N) is 1. The fourth-order valence-corrected chi connectivity index (χ4v) is 1.70. The number of hydrogen-bond donors (Lipinski definition) is 2. The Hall–Kier alpha value is -0.390. The average molecular weight is 276 g/mol. The van der Waals surface area contributed by atoms with E-state index in [0.29, 0.717) is 19.1 Å². The molecule has 0 saturated carbocycles. The van der Waals surface area contributed by atoms with E-state index in [2.05, 4.69) is 32.7 Å². The van der Waals surface area contributed by atoms with Crippen molar-refractivity contribution < 1.29 is 4.79 Å². The lowest BCUT2D eigenvalue weighted by Gasteiger charge is -2.29. The van der Waals surface area contributed by atoms with Gasteiger partial charge >= 0.3 is 0 Å². The van der Waals surface area contributed by atoms with Crippen LogP contribution in [0.15, 0.2) is 11.1 Å². The van der Waals surface area contributed by atoms with Crippen molar-refractivity contribution >= 4 is 21.8 Å². The predicted molar refractivity (Wildman–Crippen MR) is 64.7 cm³/mol. The van der Waals surface area contributed by atoms with Gasteiger partial charge < -0.3 is 11.1 Å². The van der Waals surface area contributed by atoms with Gasteiger partial charge in [0.2, 0.25) is 5.91 Å². The van der Waals surface area contributed by atoms with Crippen LogP contribution >= 0.6 is 15.9 Å². The maximum atomic E-state index is 11.5. The lowest BCUT2D eigenvalue weighted by molar-refractivity contribution is -0.122. The Morgan fingerprint density at radius 2 is 2.13 bits per heavy atom. The van der Waals surface area contributed by atoms with Gasteiger partial charge in [-0.15, -0.1) is 0 Å². The summed E-state index contributed by atoms with van der Waals surface area (Å²) >= 11 is 3.20. The zero-order valence-electron chi connectivity index (χ0n) is 8.84. The standard InChI is InChI=1S/C10H18BrN3O/c1-8(11)6-13-10(15)7-14-4-2-9(12)3-5-14/h9H,1-7,12H2,(H,13,15).